The maximum atomic E-state index is 12.9. The molecule has 0 spiro atoms. The minimum absolute atomic E-state index is 0.165. The number of carbonyl (C=O) groups excluding carboxylic acids is 6. The molecule has 2 aliphatic heterocycles. The summed E-state index contributed by atoms with van der Waals surface area (Å²) >= 11 is 0. The van der Waals surface area contributed by atoms with Crippen LogP contribution in [0.5, 0.6) is 0 Å². The highest BCUT2D eigenvalue weighted by Gasteiger charge is 2.42. The Morgan fingerprint density at radius 2 is 1.27 bits per heavy atom. The molecule has 0 aromatic rings. The molecular weight excluding hydrogens is 520 g/mol. The molecule has 0 unspecified atom stereocenters. The van der Waals surface area contributed by atoms with E-state index in [2.05, 4.69) is 0 Å². The van der Waals surface area contributed by atoms with Gasteiger partial charge in [0.05, 0.1) is 0 Å². The van der Waals surface area contributed by atoms with Crippen LogP contribution in [-0.2, 0) is 38.2 Å². The predicted octanol–water partition coefficient (Wildman–Crippen LogP) is 1.53. The zero-order valence-electron chi connectivity index (χ0n) is 24.4. The SMILES string of the molecule is CCN(CC)C(=O)COC(=O)[C@H]1CCCN1C(=O)CCCCC(=O)N1CCC[C@@H]1C(=O)OC(CC)(CC)C(N)=O. The van der Waals surface area contributed by atoms with E-state index >= 15 is 0 Å². The fourth-order valence-corrected chi connectivity index (χ4v) is 5.41. The average molecular weight is 567 g/mol. The molecular formula is C28H46N4O8. The van der Waals surface area contributed by atoms with Crippen LogP contribution in [-0.4, -0.2) is 101 Å². The lowest BCUT2D eigenvalue weighted by Gasteiger charge is -2.31. The van der Waals surface area contributed by atoms with Crippen molar-refractivity contribution in [3.63, 3.8) is 0 Å². The number of ether oxygens (including phenoxy) is 2. The first-order valence-electron chi connectivity index (χ1n) is 14.6. The lowest BCUT2D eigenvalue weighted by molar-refractivity contribution is -0.173. The first kappa shape index (κ1) is 33.0. The Labute approximate surface area is 236 Å². The van der Waals surface area contributed by atoms with Crippen LogP contribution >= 0.6 is 0 Å². The summed E-state index contributed by atoms with van der Waals surface area (Å²) < 4.78 is 10.8. The number of unbranched alkanes of at least 4 members (excludes halogenated alkanes) is 1. The number of amides is 4. The Bertz CT molecular complexity index is 931. The fraction of sp³-hybridized carbons (Fsp3) is 0.786. The van der Waals surface area contributed by atoms with Gasteiger partial charge in [-0.2, -0.15) is 0 Å². The minimum Gasteiger partial charge on any atom is -0.454 e. The molecule has 2 rings (SSSR count). The van der Waals surface area contributed by atoms with Crippen LogP contribution in [0, 0.1) is 0 Å². The van der Waals surface area contributed by atoms with Crippen LogP contribution in [0.4, 0.5) is 0 Å². The molecule has 12 heteroatoms. The van der Waals surface area contributed by atoms with Crippen LogP contribution in [0.3, 0.4) is 0 Å². The molecule has 2 heterocycles. The van der Waals surface area contributed by atoms with Crippen LogP contribution in [0.2, 0.25) is 0 Å². The molecule has 4 amide bonds. The highest BCUT2D eigenvalue weighted by atomic mass is 16.6. The Morgan fingerprint density at radius 1 is 0.800 bits per heavy atom. The molecule has 2 saturated heterocycles. The molecule has 2 atom stereocenters. The maximum absolute atomic E-state index is 12.9. The van der Waals surface area contributed by atoms with Gasteiger partial charge in [-0.25, -0.2) is 9.59 Å². The summed E-state index contributed by atoms with van der Waals surface area (Å²) in [5, 5.41) is 0. The summed E-state index contributed by atoms with van der Waals surface area (Å²) in [6.07, 6.45) is 4.01. The van der Waals surface area contributed by atoms with Crippen molar-refractivity contribution in [1.29, 1.82) is 0 Å². The van der Waals surface area contributed by atoms with Crippen molar-refractivity contribution < 1.29 is 38.2 Å². The summed E-state index contributed by atoms with van der Waals surface area (Å²) in [6.45, 7) is 8.73. The monoisotopic (exact) mass is 566 g/mol. The smallest absolute Gasteiger partial charge is 0.329 e. The molecule has 0 bridgehead atoms. The van der Waals surface area contributed by atoms with Gasteiger partial charge in [-0.05, 0) is 65.2 Å². The zero-order chi connectivity index (χ0) is 29.9. The molecule has 0 radical (unpaired) electrons. The van der Waals surface area contributed by atoms with E-state index in [9.17, 15) is 28.8 Å². The van der Waals surface area contributed by atoms with Gasteiger partial charge in [-0.15, -0.1) is 0 Å². The van der Waals surface area contributed by atoms with Gasteiger partial charge in [-0.1, -0.05) is 13.8 Å². The molecule has 0 saturated carbocycles. The Kier molecular flexibility index (Phi) is 12.9. The molecule has 40 heavy (non-hydrogen) atoms. The van der Waals surface area contributed by atoms with E-state index in [1.54, 1.807) is 18.7 Å². The number of likely N-dealkylation sites (N-methyl/N-ethyl adjacent to an activating group) is 1. The minimum atomic E-state index is -1.38. The summed E-state index contributed by atoms with van der Waals surface area (Å²) in [7, 11) is 0. The number of rotatable bonds is 15. The number of carbonyl (C=O) groups is 6. The Balaban J connectivity index is 1.81. The van der Waals surface area contributed by atoms with Crippen LogP contribution < -0.4 is 5.73 Å². The van der Waals surface area contributed by atoms with Crippen molar-refractivity contribution in [2.75, 3.05) is 32.8 Å². The topological polar surface area (TPSA) is 157 Å². The standard InChI is InChI=1S/C28H46N4O8/c1-5-28(6-2,27(29)38)40-26(37)21-14-12-18-32(21)23(34)16-10-9-15-22(33)31-17-11-13-20(31)25(36)39-19-24(35)30(7-3)8-4/h20-21H,5-19H2,1-4H3,(H2,29,38)/t20-,21-/m1/s1. The molecule has 0 aliphatic carbocycles. The summed E-state index contributed by atoms with van der Waals surface area (Å²) in [5.74, 6) is -2.55. The Morgan fingerprint density at radius 3 is 1.70 bits per heavy atom. The van der Waals surface area contributed by atoms with E-state index in [0.29, 0.717) is 64.7 Å². The van der Waals surface area contributed by atoms with Crippen molar-refractivity contribution in [1.82, 2.24) is 14.7 Å². The fourth-order valence-electron chi connectivity index (χ4n) is 5.41. The summed E-state index contributed by atoms with van der Waals surface area (Å²) in [5.41, 5.74) is 4.11. The largest absolute Gasteiger partial charge is 0.454 e. The van der Waals surface area contributed by atoms with Gasteiger partial charge < -0.3 is 29.9 Å². The second kappa shape index (κ2) is 15.6. The number of nitrogens with zero attached hydrogens (tertiary/aromatic N) is 3. The van der Waals surface area contributed by atoms with Gasteiger partial charge in [0.15, 0.2) is 12.2 Å². The van der Waals surface area contributed by atoms with Crippen molar-refractivity contribution in [2.45, 2.75) is 110 Å². The van der Waals surface area contributed by atoms with Crippen molar-refractivity contribution >= 4 is 35.6 Å². The van der Waals surface area contributed by atoms with E-state index in [0.717, 1.165) is 0 Å². The van der Waals surface area contributed by atoms with E-state index in [1.807, 2.05) is 13.8 Å². The van der Waals surface area contributed by atoms with Gasteiger partial charge >= 0.3 is 11.9 Å². The van der Waals surface area contributed by atoms with Gasteiger partial charge in [0.2, 0.25) is 11.8 Å². The molecule has 2 N–H and O–H groups in total. The molecule has 226 valence electrons. The quantitative estimate of drug-likeness (QED) is 0.231. The predicted molar refractivity (Wildman–Crippen MR) is 145 cm³/mol. The van der Waals surface area contributed by atoms with E-state index in [4.69, 9.17) is 15.2 Å². The summed E-state index contributed by atoms with van der Waals surface area (Å²) in [6, 6.07) is -1.45. The van der Waals surface area contributed by atoms with Crippen LogP contribution in [0.25, 0.3) is 0 Å². The number of esters is 2. The van der Waals surface area contributed by atoms with Gasteiger partial charge in [0, 0.05) is 39.0 Å². The number of likely N-dealkylation sites (tertiary alicyclic amines) is 2. The van der Waals surface area contributed by atoms with Gasteiger partial charge in [0.25, 0.3) is 11.8 Å². The van der Waals surface area contributed by atoms with Crippen molar-refractivity contribution in [3.05, 3.63) is 0 Å². The van der Waals surface area contributed by atoms with Crippen LogP contribution in [0.1, 0.15) is 91.9 Å². The first-order valence-corrected chi connectivity index (χ1v) is 14.6. The lowest BCUT2D eigenvalue weighted by atomic mass is 9.96. The van der Waals surface area contributed by atoms with E-state index in [-0.39, 0.29) is 50.0 Å². The molecule has 0 aromatic heterocycles. The van der Waals surface area contributed by atoms with Crippen molar-refractivity contribution in [3.8, 4) is 0 Å². The highest BCUT2D eigenvalue weighted by molar-refractivity contribution is 5.90. The number of hydrogen-bond donors (Lipinski definition) is 1. The second-order valence-corrected chi connectivity index (χ2v) is 10.4. The second-order valence-electron chi connectivity index (χ2n) is 10.4. The number of primary amides is 1. The third-order valence-electron chi connectivity index (χ3n) is 8.06. The molecule has 2 fully saturated rings. The maximum Gasteiger partial charge on any atom is 0.329 e. The third-order valence-corrected chi connectivity index (χ3v) is 8.06. The molecule has 12 nitrogen and oxygen atoms in total. The lowest BCUT2D eigenvalue weighted by Crippen LogP contribution is -2.51. The normalized spacial score (nSPS) is 18.9. The van der Waals surface area contributed by atoms with E-state index in [1.165, 1.54) is 9.80 Å². The van der Waals surface area contributed by atoms with Crippen molar-refractivity contribution in [2.24, 2.45) is 5.73 Å². The third kappa shape index (κ3) is 8.17. The Hall–Kier alpha value is -3.18. The van der Waals surface area contributed by atoms with Gasteiger partial charge in [0.1, 0.15) is 12.1 Å². The molecule has 2 aliphatic rings. The average Bonchev–Trinajstić information content (AvgIpc) is 3.63. The van der Waals surface area contributed by atoms with E-state index < -0.39 is 35.5 Å². The van der Waals surface area contributed by atoms with Crippen LogP contribution in [0.15, 0.2) is 0 Å². The van der Waals surface area contributed by atoms with Gasteiger partial charge in [-0.3, -0.25) is 19.2 Å². The highest BCUT2D eigenvalue weighted by Crippen LogP contribution is 2.26. The zero-order valence-corrected chi connectivity index (χ0v) is 24.4. The molecule has 0 aromatic carbocycles. The number of nitrogens with two attached hydrogens (primary N) is 1. The number of hydrogen-bond acceptors (Lipinski definition) is 8. The summed E-state index contributed by atoms with van der Waals surface area (Å²) in [4.78, 5) is 79.8. The first-order chi connectivity index (χ1) is 19.0.